The van der Waals surface area contributed by atoms with E-state index >= 15 is 0 Å². The summed E-state index contributed by atoms with van der Waals surface area (Å²) in [5.41, 5.74) is 0. The van der Waals surface area contributed by atoms with E-state index < -0.39 is 0 Å². The Morgan fingerprint density at radius 3 is 2.48 bits per heavy atom. The van der Waals surface area contributed by atoms with Gasteiger partial charge in [0.15, 0.2) is 5.96 Å². The summed E-state index contributed by atoms with van der Waals surface area (Å²) in [7, 11) is 6.34. The SMILES string of the molecule is CN=C(NCC(C1CC1)N(C)C)N1CCC(N2CCCCC2)C1. The number of aliphatic imine (C=N–C) groups is 1. The molecule has 5 heteroatoms. The van der Waals surface area contributed by atoms with Gasteiger partial charge in [-0.15, -0.1) is 0 Å². The number of hydrogen-bond donors (Lipinski definition) is 1. The zero-order valence-electron chi connectivity index (χ0n) is 15.3. The van der Waals surface area contributed by atoms with Crippen molar-refractivity contribution in [3.8, 4) is 0 Å². The molecular weight excluding hydrogens is 286 g/mol. The maximum Gasteiger partial charge on any atom is 0.193 e. The minimum Gasteiger partial charge on any atom is -0.355 e. The Kier molecular flexibility index (Phi) is 5.81. The number of piperidine rings is 1. The van der Waals surface area contributed by atoms with Gasteiger partial charge in [-0.05, 0) is 65.2 Å². The standard InChI is InChI=1S/C18H35N5/c1-19-18(20-13-17(21(2)3)15-7-8-15)23-12-9-16(14-23)22-10-5-4-6-11-22/h15-17H,4-14H2,1-3H3,(H,19,20). The van der Waals surface area contributed by atoms with Crippen LogP contribution < -0.4 is 5.32 Å². The van der Waals surface area contributed by atoms with E-state index in [2.05, 4.69) is 39.1 Å². The molecule has 2 atom stereocenters. The van der Waals surface area contributed by atoms with Crippen molar-refractivity contribution in [2.24, 2.45) is 10.9 Å². The number of nitrogens with one attached hydrogen (secondary N) is 1. The van der Waals surface area contributed by atoms with Crippen LogP contribution in [0.2, 0.25) is 0 Å². The summed E-state index contributed by atoms with van der Waals surface area (Å²) in [6.07, 6.45) is 8.27. The fourth-order valence-corrected chi connectivity index (χ4v) is 4.30. The number of likely N-dealkylation sites (N-methyl/N-ethyl adjacent to an activating group) is 1. The molecule has 23 heavy (non-hydrogen) atoms. The fourth-order valence-electron chi connectivity index (χ4n) is 4.30. The quantitative estimate of drug-likeness (QED) is 0.614. The van der Waals surface area contributed by atoms with Crippen LogP contribution in [0.15, 0.2) is 4.99 Å². The van der Waals surface area contributed by atoms with Gasteiger partial charge in [0.05, 0.1) is 0 Å². The van der Waals surface area contributed by atoms with E-state index in [-0.39, 0.29) is 0 Å². The second-order valence-corrected chi connectivity index (χ2v) is 7.78. The summed E-state index contributed by atoms with van der Waals surface area (Å²) in [4.78, 5) is 12.1. The van der Waals surface area contributed by atoms with E-state index in [4.69, 9.17) is 0 Å². The Balaban J connectivity index is 1.48. The van der Waals surface area contributed by atoms with Crippen molar-refractivity contribution < 1.29 is 0 Å². The fraction of sp³-hybridized carbons (Fsp3) is 0.944. The molecule has 3 aliphatic rings. The van der Waals surface area contributed by atoms with Crippen LogP contribution in [-0.2, 0) is 0 Å². The monoisotopic (exact) mass is 321 g/mol. The molecule has 2 aliphatic heterocycles. The topological polar surface area (TPSA) is 34.1 Å². The van der Waals surface area contributed by atoms with Crippen LogP contribution >= 0.6 is 0 Å². The van der Waals surface area contributed by atoms with Crippen LogP contribution in [0.3, 0.4) is 0 Å². The van der Waals surface area contributed by atoms with E-state index in [0.29, 0.717) is 6.04 Å². The molecule has 1 N–H and O–H groups in total. The highest BCUT2D eigenvalue weighted by Gasteiger charge is 2.34. The molecule has 132 valence electrons. The number of guanidine groups is 1. The van der Waals surface area contributed by atoms with E-state index in [1.807, 2.05) is 7.05 Å². The van der Waals surface area contributed by atoms with E-state index in [0.717, 1.165) is 37.6 Å². The molecule has 0 aromatic heterocycles. The first-order valence-electron chi connectivity index (χ1n) is 9.55. The average molecular weight is 322 g/mol. The summed E-state index contributed by atoms with van der Waals surface area (Å²) in [5.74, 6) is 1.99. The Morgan fingerprint density at radius 1 is 1.13 bits per heavy atom. The van der Waals surface area contributed by atoms with Gasteiger partial charge in [-0.2, -0.15) is 0 Å². The van der Waals surface area contributed by atoms with Crippen molar-refractivity contribution in [2.75, 3.05) is 53.9 Å². The molecule has 3 fully saturated rings. The van der Waals surface area contributed by atoms with Gasteiger partial charge in [0.2, 0.25) is 0 Å². The van der Waals surface area contributed by atoms with E-state index in [1.54, 1.807) is 0 Å². The Labute approximate surface area is 142 Å². The Hall–Kier alpha value is -0.810. The molecule has 2 unspecified atom stereocenters. The van der Waals surface area contributed by atoms with Crippen molar-refractivity contribution in [1.82, 2.24) is 20.0 Å². The van der Waals surface area contributed by atoms with Gasteiger partial charge in [0.1, 0.15) is 0 Å². The number of rotatable bonds is 5. The average Bonchev–Trinajstić information content (AvgIpc) is 3.28. The second-order valence-electron chi connectivity index (χ2n) is 7.78. The summed E-state index contributed by atoms with van der Waals surface area (Å²) in [6.45, 7) is 5.92. The molecule has 2 saturated heterocycles. The maximum atomic E-state index is 4.56. The van der Waals surface area contributed by atoms with Crippen LogP contribution in [-0.4, -0.2) is 86.6 Å². The molecule has 0 aromatic rings. The summed E-state index contributed by atoms with van der Waals surface area (Å²) in [6, 6.07) is 1.38. The molecule has 1 saturated carbocycles. The minimum absolute atomic E-state index is 0.646. The predicted octanol–water partition coefficient (Wildman–Crippen LogP) is 1.46. The first-order valence-corrected chi connectivity index (χ1v) is 9.55. The van der Waals surface area contributed by atoms with Crippen molar-refractivity contribution in [3.05, 3.63) is 0 Å². The zero-order valence-corrected chi connectivity index (χ0v) is 15.3. The third kappa shape index (κ3) is 4.38. The van der Waals surface area contributed by atoms with Gasteiger partial charge in [-0.25, -0.2) is 0 Å². The first kappa shape index (κ1) is 17.0. The van der Waals surface area contributed by atoms with Gasteiger partial charge in [-0.3, -0.25) is 9.89 Å². The highest BCUT2D eigenvalue weighted by molar-refractivity contribution is 5.80. The van der Waals surface area contributed by atoms with Crippen molar-refractivity contribution in [2.45, 2.75) is 50.6 Å². The van der Waals surface area contributed by atoms with Gasteiger partial charge in [-0.1, -0.05) is 6.42 Å². The molecule has 0 aromatic carbocycles. The largest absolute Gasteiger partial charge is 0.355 e. The molecule has 1 aliphatic carbocycles. The van der Waals surface area contributed by atoms with Crippen LogP contribution in [0, 0.1) is 5.92 Å². The molecule has 0 spiro atoms. The molecular formula is C18H35N5. The minimum atomic E-state index is 0.646. The lowest BCUT2D eigenvalue weighted by molar-refractivity contribution is 0.168. The maximum absolute atomic E-state index is 4.56. The molecule has 0 radical (unpaired) electrons. The normalized spacial score (nSPS) is 28.4. The molecule has 0 amide bonds. The van der Waals surface area contributed by atoms with Gasteiger partial charge < -0.3 is 15.1 Å². The summed E-state index contributed by atoms with van der Waals surface area (Å²) in [5, 5.41) is 3.65. The highest BCUT2D eigenvalue weighted by atomic mass is 15.3. The van der Waals surface area contributed by atoms with Gasteiger partial charge in [0, 0.05) is 38.8 Å². The van der Waals surface area contributed by atoms with Crippen LogP contribution in [0.4, 0.5) is 0 Å². The third-order valence-electron chi connectivity index (χ3n) is 5.88. The molecule has 3 rings (SSSR count). The van der Waals surface area contributed by atoms with Crippen molar-refractivity contribution in [3.63, 3.8) is 0 Å². The molecule has 0 bridgehead atoms. The second kappa shape index (κ2) is 7.84. The molecule has 2 heterocycles. The first-order chi connectivity index (χ1) is 11.2. The van der Waals surface area contributed by atoms with E-state index in [9.17, 15) is 0 Å². The molecule has 5 nitrogen and oxygen atoms in total. The zero-order chi connectivity index (χ0) is 16.2. The smallest absolute Gasteiger partial charge is 0.193 e. The Morgan fingerprint density at radius 2 is 1.87 bits per heavy atom. The van der Waals surface area contributed by atoms with Crippen molar-refractivity contribution in [1.29, 1.82) is 0 Å². The number of hydrogen-bond acceptors (Lipinski definition) is 3. The third-order valence-corrected chi connectivity index (χ3v) is 5.88. The van der Waals surface area contributed by atoms with Crippen LogP contribution in [0.5, 0.6) is 0 Å². The lowest BCUT2D eigenvalue weighted by Gasteiger charge is -2.32. The van der Waals surface area contributed by atoms with Crippen LogP contribution in [0.1, 0.15) is 38.5 Å². The predicted molar refractivity (Wildman–Crippen MR) is 97.0 cm³/mol. The highest BCUT2D eigenvalue weighted by Crippen LogP contribution is 2.34. The number of nitrogens with zero attached hydrogens (tertiary/aromatic N) is 4. The number of likely N-dealkylation sites (tertiary alicyclic amines) is 2. The van der Waals surface area contributed by atoms with E-state index in [1.165, 1.54) is 51.6 Å². The van der Waals surface area contributed by atoms with Crippen molar-refractivity contribution >= 4 is 5.96 Å². The summed E-state index contributed by atoms with van der Waals surface area (Å²) >= 11 is 0. The van der Waals surface area contributed by atoms with Gasteiger partial charge >= 0.3 is 0 Å². The van der Waals surface area contributed by atoms with Crippen LogP contribution in [0.25, 0.3) is 0 Å². The Bertz CT molecular complexity index is 396. The lowest BCUT2D eigenvalue weighted by Crippen LogP contribution is -2.48. The van der Waals surface area contributed by atoms with Gasteiger partial charge in [0.25, 0.3) is 0 Å². The lowest BCUT2D eigenvalue weighted by atomic mass is 10.1. The summed E-state index contributed by atoms with van der Waals surface area (Å²) < 4.78 is 0.